The van der Waals surface area contributed by atoms with Crippen LogP contribution in [0.5, 0.6) is 17.2 Å². The zero-order valence-corrected chi connectivity index (χ0v) is 15.1. The van der Waals surface area contributed by atoms with Gasteiger partial charge in [0.2, 0.25) is 0 Å². The van der Waals surface area contributed by atoms with Crippen LogP contribution in [0.25, 0.3) is 11.6 Å². The fourth-order valence-electron chi connectivity index (χ4n) is 2.62. The molecule has 2 aromatic carbocycles. The lowest BCUT2D eigenvalue weighted by atomic mass is 10.0. The third-order valence-corrected chi connectivity index (χ3v) is 4.30. The number of halogens is 1. The SMILES string of the molecule is COc1cc(OC)c(/C=C2\C(=O)Nc3ccc(Br)cc32)c(OC)c1. The van der Waals surface area contributed by atoms with Crippen LogP contribution < -0.4 is 19.5 Å². The Labute approximate surface area is 148 Å². The highest BCUT2D eigenvalue weighted by molar-refractivity contribution is 9.10. The Hall–Kier alpha value is -2.47. The van der Waals surface area contributed by atoms with Crippen LogP contribution in [-0.4, -0.2) is 27.2 Å². The zero-order chi connectivity index (χ0) is 17.3. The first-order chi connectivity index (χ1) is 11.6. The van der Waals surface area contributed by atoms with Gasteiger partial charge in [-0.3, -0.25) is 4.79 Å². The summed E-state index contributed by atoms with van der Waals surface area (Å²) in [6.07, 6.45) is 1.77. The normalized spacial score (nSPS) is 14.3. The summed E-state index contributed by atoms with van der Waals surface area (Å²) in [6.45, 7) is 0. The summed E-state index contributed by atoms with van der Waals surface area (Å²) in [7, 11) is 4.70. The van der Waals surface area contributed by atoms with E-state index in [2.05, 4.69) is 21.2 Å². The molecule has 0 bridgehead atoms. The molecule has 6 heteroatoms. The minimum Gasteiger partial charge on any atom is -0.496 e. The second-order valence-electron chi connectivity index (χ2n) is 5.15. The molecule has 2 aromatic rings. The molecule has 1 aliphatic rings. The first-order valence-corrected chi connectivity index (χ1v) is 7.99. The summed E-state index contributed by atoms with van der Waals surface area (Å²) in [5, 5.41) is 2.86. The van der Waals surface area contributed by atoms with Gasteiger partial charge in [-0.05, 0) is 24.3 Å². The van der Waals surface area contributed by atoms with Gasteiger partial charge >= 0.3 is 0 Å². The van der Waals surface area contributed by atoms with Gasteiger partial charge < -0.3 is 19.5 Å². The van der Waals surface area contributed by atoms with E-state index in [1.807, 2.05) is 18.2 Å². The minimum atomic E-state index is -0.164. The molecule has 124 valence electrons. The quantitative estimate of drug-likeness (QED) is 0.803. The molecule has 0 radical (unpaired) electrons. The molecule has 24 heavy (non-hydrogen) atoms. The van der Waals surface area contributed by atoms with E-state index < -0.39 is 0 Å². The maximum atomic E-state index is 12.4. The average Bonchev–Trinajstić information content (AvgIpc) is 2.90. The van der Waals surface area contributed by atoms with E-state index in [-0.39, 0.29) is 5.91 Å². The van der Waals surface area contributed by atoms with Crippen molar-refractivity contribution in [3.8, 4) is 17.2 Å². The van der Waals surface area contributed by atoms with Crippen LogP contribution in [0.3, 0.4) is 0 Å². The number of ether oxygens (including phenoxy) is 3. The number of carbonyl (C=O) groups is 1. The molecule has 0 spiro atoms. The number of methoxy groups -OCH3 is 3. The van der Waals surface area contributed by atoms with Gasteiger partial charge in [0.05, 0.1) is 26.9 Å². The molecule has 0 atom stereocenters. The van der Waals surface area contributed by atoms with E-state index in [4.69, 9.17) is 14.2 Å². The molecule has 0 aliphatic carbocycles. The lowest BCUT2D eigenvalue weighted by molar-refractivity contribution is -0.110. The lowest BCUT2D eigenvalue weighted by Crippen LogP contribution is -2.04. The molecule has 0 saturated heterocycles. The molecule has 3 rings (SSSR count). The average molecular weight is 390 g/mol. The number of anilines is 1. The van der Waals surface area contributed by atoms with Gasteiger partial charge in [-0.15, -0.1) is 0 Å². The molecule has 0 aromatic heterocycles. The fourth-order valence-corrected chi connectivity index (χ4v) is 2.98. The number of amides is 1. The van der Waals surface area contributed by atoms with E-state index in [0.717, 1.165) is 15.7 Å². The molecule has 1 amide bonds. The summed E-state index contributed by atoms with van der Waals surface area (Å²) < 4.78 is 17.0. The van der Waals surface area contributed by atoms with Crippen LogP contribution in [-0.2, 0) is 4.79 Å². The molecule has 5 nitrogen and oxygen atoms in total. The number of benzene rings is 2. The van der Waals surface area contributed by atoms with Crippen molar-refractivity contribution < 1.29 is 19.0 Å². The number of rotatable bonds is 4. The van der Waals surface area contributed by atoms with Crippen LogP contribution in [0, 0.1) is 0 Å². The van der Waals surface area contributed by atoms with Crippen LogP contribution in [0.4, 0.5) is 5.69 Å². The molecule has 0 saturated carbocycles. The Morgan fingerprint density at radius 3 is 2.25 bits per heavy atom. The second-order valence-corrected chi connectivity index (χ2v) is 6.06. The second kappa shape index (κ2) is 6.57. The summed E-state index contributed by atoms with van der Waals surface area (Å²) in [6, 6.07) is 9.16. The Morgan fingerprint density at radius 1 is 1.00 bits per heavy atom. The van der Waals surface area contributed by atoms with E-state index in [1.165, 1.54) is 0 Å². The van der Waals surface area contributed by atoms with Gasteiger partial charge in [-0.25, -0.2) is 0 Å². The van der Waals surface area contributed by atoms with Gasteiger partial charge in [0.1, 0.15) is 17.2 Å². The zero-order valence-electron chi connectivity index (χ0n) is 13.5. The minimum absolute atomic E-state index is 0.164. The first-order valence-electron chi connectivity index (χ1n) is 7.20. The summed E-state index contributed by atoms with van der Waals surface area (Å²) in [4.78, 5) is 12.4. The maximum Gasteiger partial charge on any atom is 0.256 e. The van der Waals surface area contributed by atoms with Gasteiger partial charge in [-0.2, -0.15) is 0 Å². The van der Waals surface area contributed by atoms with Crippen molar-refractivity contribution in [1.29, 1.82) is 0 Å². The molecule has 0 unspecified atom stereocenters. The van der Waals surface area contributed by atoms with Gasteiger partial charge in [0, 0.05) is 33.4 Å². The third-order valence-electron chi connectivity index (χ3n) is 3.81. The first kappa shape index (κ1) is 16.4. The van der Waals surface area contributed by atoms with E-state index in [9.17, 15) is 4.79 Å². The fraction of sp³-hybridized carbons (Fsp3) is 0.167. The number of hydrogen-bond acceptors (Lipinski definition) is 4. The van der Waals surface area contributed by atoms with Gasteiger partial charge in [0.25, 0.3) is 5.91 Å². The molecular formula is C18H16BrNO4. The van der Waals surface area contributed by atoms with Crippen molar-refractivity contribution in [3.63, 3.8) is 0 Å². The van der Waals surface area contributed by atoms with Crippen molar-refractivity contribution in [2.75, 3.05) is 26.6 Å². The van der Waals surface area contributed by atoms with E-state index in [0.29, 0.717) is 28.4 Å². The predicted octanol–water partition coefficient (Wildman–Crippen LogP) is 3.97. The standard InChI is InChI=1S/C18H16BrNO4/c1-22-11-7-16(23-2)14(17(8-11)24-3)9-13-12-6-10(19)4-5-15(12)20-18(13)21/h4-9H,1-3H3,(H,20,21)/b13-9-. The third kappa shape index (κ3) is 2.85. The molecule has 1 aliphatic heterocycles. The van der Waals surface area contributed by atoms with Crippen molar-refractivity contribution >= 4 is 39.2 Å². The number of carbonyl (C=O) groups excluding carboxylic acids is 1. The van der Waals surface area contributed by atoms with Crippen molar-refractivity contribution in [1.82, 2.24) is 0 Å². The smallest absolute Gasteiger partial charge is 0.256 e. The van der Waals surface area contributed by atoms with Crippen molar-refractivity contribution in [3.05, 3.63) is 45.9 Å². The highest BCUT2D eigenvalue weighted by atomic mass is 79.9. The van der Waals surface area contributed by atoms with Crippen LogP contribution in [0.2, 0.25) is 0 Å². The van der Waals surface area contributed by atoms with Crippen LogP contribution in [0.1, 0.15) is 11.1 Å². The van der Waals surface area contributed by atoms with Crippen LogP contribution in [0.15, 0.2) is 34.8 Å². The maximum absolute atomic E-state index is 12.4. The van der Waals surface area contributed by atoms with Crippen LogP contribution >= 0.6 is 15.9 Å². The van der Waals surface area contributed by atoms with E-state index in [1.54, 1.807) is 39.5 Å². The Bertz CT molecular complexity index is 820. The number of nitrogens with one attached hydrogen (secondary N) is 1. The van der Waals surface area contributed by atoms with Crippen molar-refractivity contribution in [2.24, 2.45) is 0 Å². The highest BCUT2D eigenvalue weighted by Gasteiger charge is 2.25. The lowest BCUT2D eigenvalue weighted by Gasteiger charge is -2.13. The van der Waals surface area contributed by atoms with Crippen molar-refractivity contribution in [2.45, 2.75) is 0 Å². The summed E-state index contributed by atoms with van der Waals surface area (Å²) >= 11 is 3.44. The molecule has 1 N–H and O–H groups in total. The van der Waals surface area contributed by atoms with Gasteiger partial charge in [0.15, 0.2) is 0 Å². The molecular weight excluding hydrogens is 374 g/mol. The Kier molecular flexibility index (Phi) is 4.49. The number of hydrogen-bond donors (Lipinski definition) is 1. The molecule has 1 heterocycles. The Morgan fingerprint density at radius 2 is 1.67 bits per heavy atom. The highest BCUT2D eigenvalue weighted by Crippen LogP contribution is 2.40. The predicted molar refractivity (Wildman–Crippen MR) is 96.7 cm³/mol. The Balaban J connectivity index is 2.19. The topological polar surface area (TPSA) is 56.8 Å². The monoisotopic (exact) mass is 389 g/mol. The largest absolute Gasteiger partial charge is 0.496 e. The van der Waals surface area contributed by atoms with Gasteiger partial charge in [-0.1, -0.05) is 15.9 Å². The number of fused-ring (bicyclic) bond motifs is 1. The summed E-state index contributed by atoms with van der Waals surface area (Å²) in [5.74, 6) is 1.58. The summed E-state index contributed by atoms with van der Waals surface area (Å²) in [5.41, 5.74) is 2.84. The molecule has 0 fully saturated rings. The van der Waals surface area contributed by atoms with E-state index >= 15 is 0 Å².